The van der Waals surface area contributed by atoms with Gasteiger partial charge in [0.2, 0.25) is 0 Å². The van der Waals surface area contributed by atoms with Crippen molar-refractivity contribution in [2.75, 3.05) is 31.1 Å². The van der Waals surface area contributed by atoms with Crippen molar-refractivity contribution in [2.45, 2.75) is 0 Å². The number of phenolic OH excluding ortho intramolecular Hbond substituents is 1. The molecule has 31 heavy (non-hydrogen) atoms. The number of hydrogen-bond donors (Lipinski definition) is 2. The maximum absolute atomic E-state index is 13.2. The van der Waals surface area contributed by atoms with Gasteiger partial charge in [0.05, 0.1) is 5.56 Å². The number of aromatic amines is 1. The van der Waals surface area contributed by atoms with Gasteiger partial charge in [0.1, 0.15) is 21.7 Å². The fourth-order valence-electron chi connectivity index (χ4n) is 3.71. The molecule has 2 N–H and O–H groups in total. The summed E-state index contributed by atoms with van der Waals surface area (Å²) in [4.78, 5) is 41.3. The predicted octanol–water partition coefficient (Wildman–Crippen LogP) is 2.71. The Kier molecular flexibility index (Phi) is 4.87. The highest BCUT2D eigenvalue weighted by Gasteiger charge is 2.26. The van der Waals surface area contributed by atoms with Crippen molar-refractivity contribution in [2.24, 2.45) is 0 Å². The third-order valence-electron chi connectivity index (χ3n) is 5.35. The molecule has 4 aromatic rings. The summed E-state index contributed by atoms with van der Waals surface area (Å²) >= 11 is 1.23. The molecule has 1 fully saturated rings. The van der Waals surface area contributed by atoms with Crippen LogP contribution in [0.5, 0.6) is 5.75 Å². The summed E-state index contributed by atoms with van der Waals surface area (Å²) in [6.45, 7) is 2.50. The monoisotopic (exact) mass is 433 g/mol. The van der Waals surface area contributed by atoms with Crippen LogP contribution in [0.25, 0.3) is 21.7 Å². The van der Waals surface area contributed by atoms with E-state index in [0.29, 0.717) is 53.5 Å². The number of nitrogens with zero attached hydrogens (tertiary/aromatic N) is 4. The number of fused-ring (bicyclic) bond motifs is 1. The molecule has 0 atom stereocenters. The van der Waals surface area contributed by atoms with Crippen LogP contribution in [0.1, 0.15) is 10.4 Å². The average Bonchev–Trinajstić information content (AvgIpc) is 3.24. The lowest BCUT2D eigenvalue weighted by atomic mass is 10.2. The summed E-state index contributed by atoms with van der Waals surface area (Å²) in [6, 6.07) is 12.4. The number of anilines is 1. The van der Waals surface area contributed by atoms with Crippen molar-refractivity contribution in [1.82, 2.24) is 19.9 Å². The number of carbonyl (C=O) groups excluding carboxylic acids is 1. The molecule has 0 bridgehead atoms. The molecule has 5 rings (SSSR count). The van der Waals surface area contributed by atoms with Crippen LogP contribution < -0.4 is 10.5 Å². The number of hydrogen-bond acceptors (Lipinski definition) is 7. The van der Waals surface area contributed by atoms with Gasteiger partial charge in [-0.25, -0.2) is 4.98 Å². The number of amides is 1. The van der Waals surface area contributed by atoms with Crippen LogP contribution >= 0.6 is 11.3 Å². The molecule has 0 radical (unpaired) electrons. The van der Waals surface area contributed by atoms with Crippen molar-refractivity contribution in [3.05, 3.63) is 70.0 Å². The predicted molar refractivity (Wildman–Crippen MR) is 120 cm³/mol. The largest absolute Gasteiger partial charge is 0.508 e. The van der Waals surface area contributed by atoms with Gasteiger partial charge in [-0.1, -0.05) is 6.07 Å². The maximum Gasteiger partial charge on any atom is 0.269 e. The fraction of sp³-hybridized carbons (Fsp3) is 0.182. The minimum atomic E-state index is -0.271. The van der Waals surface area contributed by atoms with E-state index >= 15 is 0 Å². The Labute approximate surface area is 181 Å². The molecule has 3 aromatic heterocycles. The number of H-pyrrole nitrogens is 1. The normalized spacial score (nSPS) is 14.2. The van der Waals surface area contributed by atoms with Crippen LogP contribution in [0, 0.1) is 0 Å². The lowest BCUT2D eigenvalue weighted by Gasteiger charge is -2.36. The molecular formula is C22H19N5O3S. The minimum Gasteiger partial charge on any atom is -0.508 e. The molecular weight excluding hydrogens is 414 g/mol. The van der Waals surface area contributed by atoms with Gasteiger partial charge >= 0.3 is 0 Å². The van der Waals surface area contributed by atoms with Crippen molar-refractivity contribution >= 4 is 33.1 Å². The van der Waals surface area contributed by atoms with Crippen molar-refractivity contribution < 1.29 is 9.90 Å². The van der Waals surface area contributed by atoms with Crippen molar-refractivity contribution in [1.29, 1.82) is 0 Å². The van der Waals surface area contributed by atoms with Crippen LogP contribution in [0.2, 0.25) is 0 Å². The lowest BCUT2D eigenvalue weighted by molar-refractivity contribution is 0.0749. The van der Waals surface area contributed by atoms with E-state index in [4.69, 9.17) is 0 Å². The Hall–Kier alpha value is -3.72. The summed E-state index contributed by atoms with van der Waals surface area (Å²) in [5, 5.41) is 11.2. The zero-order valence-electron chi connectivity index (χ0n) is 16.5. The number of phenols is 1. The highest BCUT2D eigenvalue weighted by atomic mass is 32.1. The van der Waals surface area contributed by atoms with Gasteiger partial charge in [0.25, 0.3) is 11.5 Å². The number of rotatable bonds is 3. The summed E-state index contributed by atoms with van der Waals surface area (Å²) in [7, 11) is 0. The van der Waals surface area contributed by atoms with Crippen LogP contribution in [-0.2, 0) is 0 Å². The molecule has 1 aromatic carbocycles. The molecule has 0 saturated carbocycles. The van der Waals surface area contributed by atoms with E-state index in [1.165, 1.54) is 11.3 Å². The topological polar surface area (TPSA) is 102 Å². The standard InChI is InChI=1S/C22H19N5O3S/c28-15-6-4-14(5-7-15)26-9-11-27(12-10-26)22(30)16-13-31-19-18(16)24-20(25-21(19)29)17-3-1-2-8-23-17/h1-8,13,28H,9-12H2,(H,24,25,29). The van der Waals surface area contributed by atoms with Gasteiger partial charge in [0, 0.05) is 43.4 Å². The molecule has 1 aliphatic heterocycles. The highest BCUT2D eigenvalue weighted by molar-refractivity contribution is 7.17. The number of benzene rings is 1. The first-order chi connectivity index (χ1) is 15.1. The number of piperazine rings is 1. The summed E-state index contributed by atoms with van der Waals surface area (Å²) < 4.78 is 0.436. The molecule has 4 heterocycles. The van der Waals surface area contributed by atoms with Crippen LogP contribution in [0.3, 0.4) is 0 Å². The lowest BCUT2D eigenvalue weighted by Crippen LogP contribution is -2.48. The van der Waals surface area contributed by atoms with Crippen LogP contribution in [-0.4, -0.2) is 57.0 Å². The quantitative estimate of drug-likeness (QED) is 0.515. The maximum atomic E-state index is 13.2. The smallest absolute Gasteiger partial charge is 0.269 e. The average molecular weight is 433 g/mol. The first kappa shape index (κ1) is 19.3. The number of thiophene rings is 1. The molecule has 0 spiro atoms. The van der Waals surface area contributed by atoms with E-state index in [-0.39, 0.29) is 17.2 Å². The second-order valence-corrected chi connectivity index (χ2v) is 8.13. The highest BCUT2D eigenvalue weighted by Crippen LogP contribution is 2.26. The molecule has 0 unspecified atom stereocenters. The van der Waals surface area contributed by atoms with Crippen molar-refractivity contribution in [3.63, 3.8) is 0 Å². The Morgan fingerprint density at radius 3 is 2.55 bits per heavy atom. The van der Waals surface area contributed by atoms with Gasteiger partial charge in [-0.15, -0.1) is 11.3 Å². The summed E-state index contributed by atoms with van der Waals surface area (Å²) in [5.41, 5.74) is 2.15. The van der Waals surface area contributed by atoms with E-state index in [2.05, 4.69) is 19.9 Å². The molecule has 1 aliphatic rings. The number of carbonyl (C=O) groups is 1. The SMILES string of the molecule is O=C(c1csc2c(=O)[nH]c(-c3ccccn3)nc12)N1CCN(c2ccc(O)cc2)CC1. The van der Waals surface area contributed by atoms with Gasteiger partial charge < -0.3 is 19.9 Å². The summed E-state index contributed by atoms with van der Waals surface area (Å²) in [5.74, 6) is 0.457. The molecule has 156 valence electrons. The van der Waals surface area contributed by atoms with Gasteiger partial charge in [-0.3, -0.25) is 14.6 Å². The second kappa shape index (κ2) is 7.84. The number of aromatic hydroxyl groups is 1. The Bertz CT molecular complexity index is 1290. The Morgan fingerprint density at radius 1 is 1.06 bits per heavy atom. The van der Waals surface area contributed by atoms with Gasteiger partial charge in [-0.05, 0) is 36.4 Å². The fourth-order valence-corrected chi connectivity index (χ4v) is 4.58. The van der Waals surface area contributed by atoms with Gasteiger partial charge in [0.15, 0.2) is 5.82 Å². The first-order valence-electron chi connectivity index (χ1n) is 9.86. The summed E-state index contributed by atoms with van der Waals surface area (Å²) in [6.07, 6.45) is 1.63. The molecule has 8 nitrogen and oxygen atoms in total. The molecule has 0 aliphatic carbocycles. The third kappa shape index (κ3) is 3.64. The zero-order valence-corrected chi connectivity index (χ0v) is 17.3. The minimum absolute atomic E-state index is 0.123. The van der Waals surface area contributed by atoms with E-state index in [0.717, 1.165) is 5.69 Å². The Morgan fingerprint density at radius 2 is 1.84 bits per heavy atom. The Balaban J connectivity index is 1.39. The van der Waals surface area contributed by atoms with E-state index in [1.54, 1.807) is 40.7 Å². The zero-order chi connectivity index (χ0) is 21.4. The van der Waals surface area contributed by atoms with E-state index in [1.807, 2.05) is 18.2 Å². The molecule has 1 amide bonds. The second-order valence-electron chi connectivity index (χ2n) is 7.25. The third-order valence-corrected chi connectivity index (χ3v) is 6.31. The van der Waals surface area contributed by atoms with Crippen LogP contribution in [0.15, 0.2) is 58.8 Å². The number of nitrogens with one attached hydrogen (secondary N) is 1. The molecule has 1 saturated heterocycles. The number of aromatic nitrogens is 3. The number of pyridine rings is 1. The van der Waals surface area contributed by atoms with E-state index in [9.17, 15) is 14.7 Å². The van der Waals surface area contributed by atoms with E-state index < -0.39 is 0 Å². The first-order valence-corrected chi connectivity index (χ1v) is 10.7. The van der Waals surface area contributed by atoms with Gasteiger partial charge in [-0.2, -0.15) is 0 Å². The van der Waals surface area contributed by atoms with Crippen molar-refractivity contribution in [3.8, 4) is 17.3 Å². The molecule has 9 heteroatoms. The van der Waals surface area contributed by atoms with Crippen LogP contribution in [0.4, 0.5) is 5.69 Å².